The molecule has 0 aliphatic carbocycles. The zero-order chi connectivity index (χ0) is 20.6. The first-order valence-electron chi connectivity index (χ1n) is 8.78. The van der Waals surface area contributed by atoms with Crippen LogP contribution in [0.1, 0.15) is 35.8 Å². The molecule has 2 heterocycles. The lowest BCUT2D eigenvalue weighted by atomic mass is 9.87. The summed E-state index contributed by atoms with van der Waals surface area (Å²) in [5, 5.41) is 18.2. The molecule has 0 bridgehead atoms. The van der Waals surface area contributed by atoms with Crippen molar-refractivity contribution in [1.82, 2.24) is 4.57 Å². The minimum atomic E-state index is -1.26. The number of benzene rings is 1. The van der Waals surface area contributed by atoms with Gasteiger partial charge in [0.25, 0.3) is 0 Å². The Morgan fingerprint density at radius 1 is 1.21 bits per heavy atom. The van der Waals surface area contributed by atoms with Crippen LogP contribution in [0.5, 0.6) is 11.5 Å². The lowest BCUT2D eigenvalue weighted by Gasteiger charge is -2.33. The topological polar surface area (TPSA) is 115 Å². The van der Waals surface area contributed by atoms with Crippen molar-refractivity contribution >= 4 is 11.9 Å². The van der Waals surface area contributed by atoms with E-state index in [-0.39, 0.29) is 17.5 Å². The Labute approximate surface area is 160 Å². The molecule has 1 aromatic heterocycles. The van der Waals surface area contributed by atoms with Gasteiger partial charge in [-0.1, -0.05) is 13.8 Å². The molecule has 1 aliphatic heterocycles. The molecular formula is C20H21NO7. The number of ether oxygens (including phenoxy) is 2. The molecule has 0 radical (unpaired) electrons. The number of hydrogen-bond acceptors (Lipinski definition) is 5. The van der Waals surface area contributed by atoms with Gasteiger partial charge in [-0.2, -0.15) is 0 Å². The summed E-state index contributed by atoms with van der Waals surface area (Å²) in [5.41, 5.74) is 1.36. The number of methoxy groups -OCH3 is 1. The molecule has 2 N–H and O–H groups in total. The van der Waals surface area contributed by atoms with Crippen molar-refractivity contribution in [3.63, 3.8) is 0 Å². The number of aromatic nitrogens is 1. The Morgan fingerprint density at radius 3 is 2.50 bits per heavy atom. The molecule has 3 rings (SSSR count). The van der Waals surface area contributed by atoms with Gasteiger partial charge in [-0.25, -0.2) is 9.59 Å². The third kappa shape index (κ3) is 3.45. The Kier molecular flexibility index (Phi) is 5.13. The summed E-state index contributed by atoms with van der Waals surface area (Å²) in [7, 11) is 1.44. The first-order valence-corrected chi connectivity index (χ1v) is 8.78. The SMILES string of the molecule is COc1cc2c(cc1OCC(=O)O)CC(C(C)C)n1cc(C(=O)O)c(=O)cc1-2. The molecule has 28 heavy (non-hydrogen) atoms. The maximum absolute atomic E-state index is 12.3. The molecule has 2 aromatic rings. The van der Waals surface area contributed by atoms with E-state index in [1.54, 1.807) is 12.1 Å². The average molecular weight is 387 g/mol. The first-order chi connectivity index (χ1) is 13.2. The van der Waals surface area contributed by atoms with Crippen LogP contribution in [0.15, 0.2) is 29.2 Å². The van der Waals surface area contributed by atoms with Gasteiger partial charge in [-0.15, -0.1) is 0 Å². The van der Waals surface area contributed by atoms with Gasteiger partial charge in [0.15, 0.2) is 23.5 Å². The predicted octanol–water partition coefficient (Wildman–Crippen LogP) is 2.44. The second-order valence-corrected chi connectivity index (χ2v) is 7.01. The lowest BCUT2D eigenvalue weighted by molar-refractivity contribution is -0.139. The quantitative estimate of drug-likeness (QED) is 0.782. The summed E-state index contributed by atoms with van der Waals surface area (Å²) in [6, 6.07) is 4.68. The van der Waals surface area contributed by atoms with Crippen LogP contribution in [0, 0.1) is 5.92 Å². The lowest BCUT2D eigenvalue weighted by Crippen LogP contribution is -2.28. The predicted molar refractivity (Wildman–Crippen MR) is 100 cm³/mol. The van der Waals surface area contributed by atoms with E-state index in [9.17, 15) is 19.5 Å². The summed E-state index contributed by atoms with van der Waals surface area (Å²) in [4.78, 5) is 34.5. The van der Waals surface area contributed by atoms with Gasteiger partial charge in [0, 0.05) is 23.9 Å². The van der Waals surface area contributed by atoms with Crippen molar-refractivity contribution in [2.45, 2.75) is 26.3 Å². The van der Waals surface area contributed by atoms with E-state index in [4.69, 9.17) is 14.6 Å². The zero-order valence-corrected chi connectivity index (χ0v) is 15.8. The van der Waals surface area contributed by atoms with Crippen molar-refractivity contribution in [2.75, 3.05) is 13.7 Å². The highest BCUT2D eigenvalue weighted by Crippen LogP contribution is 2.42. The van der Waals surface area contributed by atoms with E-state index in [0.29, 0.717) is 23.6 Å². The molecule has 8 heteroatoms. The van der Waals surface area contributed by atoms with Crippen LogP contribution in [-0.4, -0.2) is 40.4 Å². The Balaban J connectivity index is 2.21. The molecule has 0 amide bonds. The van der Waals surface area contributed by atoms with Crippen LogP contribution in [0.3, 0.4) is 0 Å². The van der Waals surface area contributed by atoms with Gasteiger partial charge in [0.05, 0.1) is 12.8 Å². The minimum absolute atomic E-state index is 0.0677. The number of hydrogen-bond donors (Lipinski definition) is 2. The van der Waals surface area contributed by atoms with Crippen LogP contribution in [-0.2, 0) is 11.2 Å². The molecule has 1 unspecified atom stereocenters. The fourth-order valence-corrected chi connectivity index (χ4v) is 3.50. The van der Waals surface area contributed by atoms with Crippen molar-refractivity contribution in [3.05, 3.63) is 45.7 Å². The van der Waals surface area contributed by atoms with E-state index < -0.39 is 24.0 Å². The van der Waals surface area contributed by atoms with Crippen LogP contribution < -0.4 is 14.9 Å². The summed E-state index contributed by atoms with van der Waals surface area (Å²) in [6.45, 7) is 3.54. The summed E-state index contributed by atoms with van der Waals surface area (Å²) in [5.74, 6) is -1.54. The van der Waals surface area contributed by atoms with Gasteiger partial charge in [0.1, 0.15) is 5.56 Å². The van der Waals surface area contributed by atoms with Crippen molar-refractivity contribution < 1.29 is 29.3 Å². The number of aromatic carboxylic acids is 1. The minimum Gasteiger partial charge on any atom is -0.493 e. The molecular weight excluding hydrogens is 366 g/mol. The molecule has 0 saturated heterocycles. The highest BCUT2D eigenvalue weighted by Gasteiger charge is 2.29. The molecule has 1 aliphatic rings. The maximum Gasteiger partial charge on any atom is 0.341 e. The maximum atomic E-state index is 12.3. The molecule has 0 saturated carbocycles. The van der Waals surface area contributed by atoms with E-state index in [1.165, 1.54) is 19.4 Å². The largest absolute Gasteiger partial charge is 0.493 e. The first kappa shape index (κ1) is 19.5. The number of rotatable bonds is 6. The highest BCUT2D eigenvalue weighted by atomic mass is 16.5. The summed E-state index contributed by atoms with van der Waals surface area (Å²) >= 11 is 0. The van der Waals surface area contributed by atoms with Crippen LogP contribution in [0.25, 0.3) is 11.3 Å². The third-order valence-electron chi connectivity index (χ3n) is 4.88. The zero-order valence-electron chi connectivity index (χ0n) is 15.8. The second-order valence-electron chi connectivity index (χ2n) is 7.01. The van der Waals surface area contributed by atoms with Crippen molar-refractivity contribution in [3.8, 4) is 22.8 Å². The molecule has 0 fully saturated rings. The smallest absolute Gasteiger partial charge is 0.341 e. The number of carboxylic acid groups (broad SMARTS) is 2. The fraction of sp³-hybridized carbons (Fsp3) is 0.350. The second kappa shape index (κ2) is 7.38. The number of aliphatic carboxylic acids is 1. The molecule has 148 valence electrons. The van der Waals surface area contributed by atoms with Gasteiger partial charge in [-0.3, -0.25) is 4.79 Å². The Bertz CT molecular complexity index is 1010. The highest BCUT2D eigenvalue weighted by molar-refractivity contribution is 5.88. The standard InChI is InChI=1S/C20H21NO7/c1-10(2)14-4-11-5-18(28-9-19(23)24)17(27-3)6-12(11)15-7-16(22)13(20(25)26)8-21(14)15/h5-8,10,14H,4,9H2,1-3H3,(H,23,24)(H,25,26). The van der Waals surface area contributed by atoms with Crippen LogP contribution in [0.2, 0.25) is 0 Å². The fourth-order valence-electron chi connectivity index (χ4n) is 3.50. The van der Waals surface area contributed by atoms with Gasteiger partial charge >= 0.3 is 11.9 Å². The van der Waals surface area contributed by atoms with E-state index in [1.807, 2.05) is 18.4 Å². The summed E-state index contributed by atoms with van der Waals surface area (Å²) < 4.78 is 12.5. The van der Waals surface area contributed by atoms with Crippen LogP contribution >= 0.6 is 0 Å². The molecule has 1 atom stereocenters. The monoisotopic (exact) mass is 387 g/mol. The van der Waals surface area contributed by atoms with Crippen molar-refractivity contribution in [2.24, 2.45) is 5.92 Å². The average Bonchev–Trinajstić information content (AvgIpc) is 2.63. The van der Waals surface area contributed by atoms with E-state index in [0.717, 1.165) is 11.1 Å². The molecule has 8 nitrogen and oxygen atoms in total. The number of carbonyl (C=O) groups is 2. The Hall–Kier alpha value is -3.29. The molecule has 1 aromatic carbocycles. The van der Waals surface area contributed by atoms with Gasteiger partial charge in [-0.05, 0) is 30.0 Å². The van der Waals surface area contributed by atoms with Crippen molar-refractivity contribution in [1.29, 1.82) is 0 Å². The number of nitrogens with zero attached hydrogens (tertiary/aromatic N) is 1. The number of pyridine rings is 1. The van der Waals surface area contributed by atoms with Gasteiger partial charge < -0.3 is 24.3 Å². The third-order valence-corrected chi connectivity index (χ3v) is 4.88. The van der Waals surface area contributed by atoms with Gasteiger partial charge in [0.2, 0.25) is 0 Å². The van der Waals surface area contributed by atoms with E-state index >= 15 is 0 Å². The Morgan fingerprint density at radius 2 is 1.93 bits per heavy atom. The van der Waals surface area contributed by atoms with E-state index in [2.05, 4.69) is 0 Å². The summed E-state index contributed by atoms with van der Waals surface area (Å²) in [6.07, 6.45) is 1.98. The molecule has 0 spiro atoms. The van der Waals surface area contributed by atoms with Crippen LogP contribution in [0.4, 0.5) is 0 Å². The number of fused-ring (bicyclic) bond motifs is 3. The normalized spacial score (nSPS) is 14.9. The number of carboxylic acids is 2.